The molecule has 0 bridgehead atoms. The number of hydrogen-bond donors (Lipinski definition) is 2. The summed E-state index contributed by atoms with van der Waals surface area (Å²) in [5.41, 5.74) is -3.59. The minimum Gasteiger partial charge on any atom is -0.345 e. The number of piperazine rings is 1. The number of alkyl halides is 3. The summed E-state index contributed by atoms with van der Waals surface area (Å²) in [6.07, 6.45) is 5.84. The number of halogens is 3. The summed E-state index contributed by atoms with van der Waals surface area (Å²) in [5.74, 6) is 2.00. The Morgan fingerprint density at radius 1 is 1.21 bits per heavy atom. The first-order chi connectivity index (χ1) is 19.7. The van der Waals surface area contributed by atoms with E-state index in [9.17, 15) is 34.8 Å². The molecule has 0 aliphatic carbocycles. The molecule has 1 atom stereocenters. The van der Waals surface area contributed by atoms with Gasteiger partial charge in [-0.25, -0.2) is 26.5 Å². The third-order valence-corrected chi connectivity index (χ3v) is 11.3. The van der Waals surface area contributed by atoms with Gasteiger partial charge in [-0.05, 0) is 37.7 Å². The van der Waals surface area contributed by atoms with Crippen molar-refractivity contribution in [2.75, 3.05) is 39.8 Å². The lowest BCUT2D eigenvalue weighted by Gasteiger charge is -2.40. The molecule has 1 fully saturated rings. The summed E-state index contributed by atoms with van der Waals surface area (Å²) in [4.78, 5) is 25.3. The van der Waals surface area contributed by atoms with Crippen molar-refractivity contribution in [3.8, 4) is 12.3 Å². The van der Waals surface area contributed by atoms with E-state index in [4.69, 9.17) is 6.42 Å². The van der Waals surface area contributed by atoms with E-state index in [1.807, 2.05) is 7.05 Å². The van der Waals surface area contributed by atoms with E-state index >= 15 is 0 Å². The van der Waals surface area contributed by atoms with Gasteiger partial charge in [-0.1, -0.05) is 5.92 Å². The van der Waals surface area contributed by atoms with Crippen molar-refractivity contribution in [1.82, 2.24) is 28.8 Å². The maximum absolute atomic E-state index is 13.6. The molecule has 17 heteroatoms. The van der Waals surface area contributed by atoms with Gasteiger partial charge in [0.2, 0.25) is 0 Å². The molecule has 4 heterocycles. The van der Waals surface area contributed by atoms with Crippen LogP contribution >= 0.6 is 11.3 Å². The number of terminal acetylenes is 1. The molecule has 3 aromatic rings. The number of sulfonamides is 2. The van der Waals surface area contributed by atoms with Crippen LogP contribution < -0.4 is 4.72 Å². The molecule has 0 radical (unpaired) electrons. The quantitative estimate of drug-likeness (QED) is 0.376. The van der Waals surface area contributed by atoms with Gasteiger partial charge in [-0.3, -0.25) is 4.79 Å². The Morgan fingerprint density at radius 2 is 1.98 bits per heavy atom. The summed E-state index contributed by atoms with van der Waals surface area (Å²) in [7, 11) is -7.80. The zero-order chi connectivity index (χ0) is 30.4. The number of aromatic nitrogens is 2. The number of nitrogens with one attached hydrogen (secondary N) is 2. The standard InChI is InChI=1S/C25H27F3N6O5S3/c1-3-16-4-5-19-17(12-16)13-22(30-19)41(36,37)33-10-11-34(18(14-33)6-8-29-42(38,39)25(26,27)28)24(35)23-31-20-7-9-32(2)15-21(20)40-23/h1,4-5,12-13,18,29-30H,6-11,14-15H2,2H3. The first-order valence-corrected chi connectivity index (χ1v) is 16.6. The number of carbonyl (C=O) groups is 1. The van der Waals surface area contributed by atoms with Crippen LogP contribution in [0.4, 0.5) is 13.2 Å². The van der Waals surface area contributed by atoms with Gasteiger partial charge in [-0.2, -0.15) is 17.5 Å². The topological polar surface area (TPSA) is 136 Å². The summed E-state index contributed by atoms with van der Waals surface area (Å²) >= 11 is 1.23. The van der Waals surface area contributed by atoms with Gasteiger partial charge in [0.25, 0.3) is 15.9 Å². The van der Waals surface area contributed by atoms with Crippen LogP contribution in [0.25, 0.3) is 10.9 Å². The lowest BCUT2D eigenvalue weighted by molar-refractivity contribution is -0.0448. The van der Waals surface area contributed by atoms with Gasteiger partial charge in [-0.15, -0.1) is 17.8 Å². The molecule has 1 aromatic carbocycles. The van der Waals surface area contributed by atoms with Crippen LogP contribution in [0.15, 0.2) is 29.3 Å². The fourth-order valence-electron chi connectivity index (χ4n) is 5.01. The smallest absolute Gasteiger partial charge is 0.345 e. The lowest BCUT2D eigenvalue weighted by Crippen LogP contribution is -2.57. The van der Waals surface area contributed by atoms with Crippen LogP contribution in [0.3, 0.4) is 0 Å². The number of fused-ring (bicyclic) bond motifs is 2. The van der Waals surface area contributed by atoms with E-state index in [1.54, 1.807) is 18.2 Å². The van der Waals surface area contributed by atoms with E-state index in [1.165, 1.54) is 27.0 Å². The molecule has 2 N–H and O–H groups in total. The second-order valence-corrected chi connectivity index (χ2v) is 14.9. The summed E-state index contributed by atoms with van der Waals surface area (Å²) in [6.45, 7) is 0.326. The van der Waals surface area contributed by atoms with Crippen LogP contribution in [0.1, 0.15) is 32.4 Å². The van der Waals surface area contributed by atoms with Crippen molar-refractivity contribution in [3.63, 3.8) is 0 Å². The molecule has 42 heavy (non-hydrogen) atoms. The van der Waals surface area contributed by atoms with Crippen LogP contribution in [0.5, 0.6) is 0 Å². The van der Waals surface area contributed by atoms with Crippen LogP contribution in [0, 0.1) is 12.3 Å². The second-order valence-electron chi connectivity index (χ2n) is 10.1. The first kappa shape index (κ1) is 30.4. The van der Waals surface area contributed by atoms with E-state index in [2.05, 4.69) is 20.8 Å². The number of carbonyl (C=O) groups excluding carboxylic acids is 1. The van der Waals surface area contributed by atoms with Gasteiger partial charge < -0.3 is 14.8 Å². The minimum atomic E-state index is -5.62. The van der Waals surface area contributed by atoms with Gasteiger partial charge >= 0.3 is 15.5 Å². The van der Waals surface area contributed by atoms with Crippen molar-refractivity contribution in [3.05, 3.63) is 45.4 Å². The predicted molar refractivity (Wildman–Crippen MR) is 150 cm³/mol. The van der Waals surface area contributed by atoms with Crippen LogP contribution in [0.2, 0.25) is 0 Å². The first-order valence-electron chi connectivity index (χ1n) is 12.8. The second kappa shape index (κ2) is 11.2. The normalized spacial score (nSPS) is 19.1. The van der Waals surface area contributed by atoms with Crippen molar-refractivity contribution in [1.29, 1.82) is 0 Å². The Hall–Kier alpha value is -3.01. The van der Waals surface area contributed by atoms with Gasteiger partial charge in [0.05, 0.1) is 5.69 Å². The van der Waals surface area contributed by atoms with E-state index in [-0.39, 0.29) is 36.1 Å². The van der Waals surface area contributed by atoms with E-state index < -0.39 is 44.0 Å². The highest BCUT2D eigenvalue weighted by molar-refractivity contribution is 7.90. The Morgan fingerprint density at radius 3 is 2.69 bits per heavy atom. The zero-order valence-electron chi connectivity index (χ0n) is 22.3. The van der Waals surface area contributed by atoms with Crippen LogP contribution in [-0.4, -0.2) is 98.1 Å². The van der Waals surface area contributed by atoms with Gasteiger partial charge in [0, 0.05) is 73.1 Å². The van der Waals surface area contributed by atoms with Crippen molar-refractivity contribution >= 4 is 48.2 Å². The number of H-pyrrole nitrogens is 1. The van der Waals surface area contributed by atoms with E-state index in [0.717, 1.165) is 21.4 Å². The third-order valence-electron chi connectivity index (χ3n) is 7.27. The number of rotatable bonds is 7. The maximum Gasteiger partial charge on any atom is 0.511 e. The number of hydrogen-bond acceptors (Lipinski definition) is 8. The van der Waals surface area contributed by atoms with Crippen LogP contribution in [-0.2, 0) is 33.0 Å². The number of likely N-dealkylation sites (N-methyl/N-ethyl adjacent to an activating group) is 1. The Labute approximate surface area is 244 Å². The minimum absolute atomic E-state index is 0.0691. The lowest BCUT2D eigenvalue weighted by atomic mass is 10.1. The molecule has 2 aliphatic rings. The Balaban J connectivity index is 1.40. The monoisotopic (exact) mass is 644 g/mol. The molecular formula is C25H27F3N6O5S3. The average Bonchev–Trinajstić information content (AvgIpc) is 3.56. The molecule has 1 amide bonds. The highest BCUT2D eigenvalue weighted by atomic mass is 32.2. The molecule has 226 valence electrons. The SMILES string of the molecule is C#Cc1ccc2[nH]c(S(=O)(=O)N3CCN(C(=O)c4nc5c(s4)CN(C)CC5)C(CCNS(=O)(=O)C(F)(F)F)C3)cc2c1. The maximum atomic E-state index is 13.6. The molecule has 1 saturated heterocycles. The largest absolute Gasteiger partial charge is 0.511 e. The average molecular weight is 645 g/mol. The predicted octanol–water partition coefficient (Wildman–Crippen LogP) is 1.94. The Bertz CT molecular complexity index is 1780. The molecule has 5 rings (SSSR count). The molecular weight excluding hydrogens is 618 g/mol. The number of benzene rings is 1. The summed E-state index contributed by atoms with van der Waals surface area (Å²) in [5, 5.41) is 0.668. The van der Waals surface area contributed by atoms with Gasteiger partial charge in [0.1, 0.15) is 5.03 Å². The van der Waals surface area contributed by atoms with E-state index in [0.29, 0.717) is 29.4 Å². The molecule has 0 saturated carbocycles. The number of aromatic amines is 1. The highest BCUT2D eigenvalue weighted by Crippen LogP contribution is 2.29. The molecule has 11 nitrogen and oxygen atoms in total. The molecule has 2 aromatic heterocycles. The fraction of sp³-hybridized carbons (Fsp3) is 0.440. The summed E-state index contributed by atoms with van der Waals surface area (Å²) in [6, 6.07) is 5.47. The Kier molecular flexibility index (Phi) is 8.15. The van der Waals surface area contributed by atoms with Crippen molar-refractivity contribution < 1.29 is 34.8 Å². The number of amides is 1. The fourth-order valence-corrected chi connectivity index (χ4v) is 8.19. The summed E-state index contributed by atoms with van der Waals surface area (Å²) < 4.78 is 91.6. The zero-order valence-corrected chi connectivity index (χ0v) is 24.8. The van der Waals surface area contributed by atoms with Crippen molar-refractivity contribution in [2.24, 2.45) is 0 Å². The van der Waals surface area contributed by atoms with Crippen molar-refractivity contribution in [2.45, 2.75) is 36.0 Å². The number of thiazole rings is 1. The molecule has 2 aliphatic heterocycles. The van der Waals surface area contributed by atoms with Gasteiger partial charge in [0.15, 0.2) is 5.01 Å². The highest BCUT2D eigenvalue weighted by Gasteiger charge is 2.46. The molecule has 1 unspecified atom stereocenters. The third kappa shape index (κ3) is 5.92. The molecule has 0 spiro atoms. The number of nitrogens with zero attached hydrogens (tertiary/aromatic N) is 4.